The highest BCUT2D eigenvalue weighted by Crippen LogP contribution is 2.12. The Labute approximate surface area is 298 Å². The molecular formula is C43H78O5. The lowest BCUT2D eigenvalue weighted by molar-refractivity contribution is -0.163. The van der Waals surface area contributed by atoms with Crippen LogP contribution in [0.25, 0.3) is 0 Å². The third-order valence-corrected chi connectivity index (χ3v) is 8.63. The molecule has 0 amide bonds. The Morgan fingerprint density at radius 3 is 1.54 bits per heavy atom. The van der Waals surface area contributed by atoms with Gasteiger partial charge >= 0.3 is 11.9 Å². The van der Waals surface area contributed by atoms with Gasteiger partial charge in [-0.3, -0.25) is 9.59 Å². The standard InChI is InChI=1S/C43H78O5/c1-4-7-10-13-16-18-20-22-23-25-28-30-33-36-42(44)47-40-41(48-43(45)37-34-31-27-15-12-9-6-3)39-46-38-35-32-29-26-24-21-19-17-14-11-8-5-2/h10,13-14,17-18,20,41H,4-9,11-12,15-16,19,21-40H2,1-3H3/b13-10-,17-14-,20-18-. The van der Waals surface area contributed by atoms with Gasteiger partial charge in [0, 0.05) is 19.4 Å². The number of carbonyl (C=O) groups excluding carboxylic acids is 2. The first-order valence-electron chi connectivity index (χ1n) is 20.5. The van der Waals surface area contributed by atoms with Crippen LogP contribution in [0, 0.1) is 0 Å². The molecule has 1 atom stereocenters. The van der Waals surface area contributed by atoms with E-state index in [1.165, 1.54) is 109 Å². The Morgan fingerprint density at radius 1 is 0.458 bits per heavy atom. The van der Waals surface area contributed by atoms with Crippen LogP contribution in [0.15, 0.2) is 36.5 Å². The first kappa shape index (κ1) is 46.1. The zero-order valence-electron chi connectivity index (χ0n) is 32.0. The van der Waals surface area contributed by atoms with Gasteiger partial charge in [0.1, 0.15) is 6.61 Å². The van der Waals surface area contributed by atoms with Crippen LogP contribution in [-0.2, 0) is 23.8 Å². The summed E-state index contributed by atoms with van der Waals surface area (Å²) < 4.78 is 17.2. The van der Waals surface area contributed by atoms with Gasteiger partial charge in [0.25, 0.3) is 0 Å². The van der Waals surface area contributed by atoms with E-state index in [2.05, 4.69) is 57.2 Å². The average Bonchev–Trinajstić information content (AvgIpc) is 3.08. The average molecular weight is 675 g/mol. The van der Waals surface area contributed by atoms with E-state index in [9.17, 15) is 9.59 Å². The Bertz CT molecular complexity index is 771. The predicted octanol–water partition coefficient (Wildman–Crippen LogP) is 13.1. The van der Waals surface area contributed by atoms with Crippen molar-refractivity contribution < 1.29 is 23.8 Å². The summed E-state index contributed by atoms with van der Waals surface area (Å²) in [5.74, 6) is -0.421. The molecule has 0 aromatic rings. The lowest BCUT2D eigenvalue weighted by Gasteiger charge is -2.18. The zero-order valence-corrected chi connectivity index (χ0v) is 32.0. The Balaban J connectivity index is 4.21. The summed E-state index contributed by atoms with van der Waals surface area (Å²) in [6.45, 7) is 7.67. The number of esters is 2. The third-order valence-electron chi connectivity index (χ3n) is 8.63. The Hall–Kier alpha value is -1.88. The van der Waals surface area contributed by atoms with E-state index in [0.717, 1.165) is 57.8 Å². The molecule has 0 bridgehead atoms. The van der Waals surface area contributed by atoms with E-state index in [0.29, 0.717) is 19.4 Å². The van der Waals surface area contributed by atoms with E-state index < -0.39 is 6.10 Å². The molecule has 5 heteroatoms. The van der Waals surface area contributed by atoms with Crippen molar-refractivity contribution in [1.82, 2.24) is 0 Å². The zero-order chi connectivity index (χ0) is 35.0. The van der Waals surface area contributed by atoms with Crippen molar-refractivity contribution >= 4 is 11.9 Å². The molecule has 0 heterocycles. The first-order chi connectivity index (χ1) is 23.6. The van der Waals surface area contributed by atoms with Crippen molar-refractivity contribution in [3.8, 4) is 0 Å². The van der Waals surface area contributed by atoms with Crippen molar-refractivity contribution in [2.45, 2.75) is 207 Å². The summed E-state index contributed by atoms with van der Waals surface area (Å²) in [4.78, 5) is 25.0. The van der Waals surface area contributed by atoms with E-state index in [4.69, 9.17) is 14.2 Å². The molecule has 0 radical (unpaired) electrons. The summed E-state index contributed by atoms with van der Waals surface area (Å²) in [5, 5.41) is 0. The number of hydrogen-bond donors (Lipinski definition) is 0. The predicted molar refractivity (Wildman–Crippen MR) is 205 cm³/mol. The molecule has 0 fully saturated rings. The topological polar surface area (TPSA) is 61.8 Å². The molecule has 280 valence electrons. The fourth-order valence-corrected chi connectivity index (χ4v) is 5.53. The van der Waals surface area contributed by atoms with Crippen molar-refractivity contribution in [3.63, 3.8) is 0 Å². The lowest BCUT2D eigenvalue weighted by Crippen LogP contribution is -2.30. The molecule has 0 spiro atoms. The molecule has 0 saturated carbocycles. The normalized spacial score (nSPS) is 12.5. The molecule has 0 aliphatic rings. The van der Waals surface area contributed by atoms with Gasteiger partial charge in [-0.25, -0.2) is 0 Å². The second-order valence-electron chi connectivity index (χ2n) is 13.5. The highest BCUT2D eigenvalue weighted by molar-refractivity contribution is 5.70. The van der Waals surface area contributed by atoms with Gasteiger partial charge in [0.2, 0.25) is 0 Å². The molecule has 0 saturated heterocycles. The number of rotatable bonds is 37. The van der Waals surface area contributed by atoms with Gasteiger partial charge in [0.15, 0.2) is 6.10 Å². The Morgan fingerprint density at radius 2 is 0.938 bits per heavy atom. The van der Waals surface area contributed by atoms with Crippen LogP contribution in [-0.4, -0.2) is 37.9 Å². The minimum absolute atomic E-state index is 0.0778. The summed E-state index contributed by atoms with van der Waals surface area (Å²) in [6.07, 6.45) is 44.3. The van der Waals surface area contributed by atoms with Gasteiger partial charge < -0.3 is 14.2 Å². The van der Waals surface area contributed by atoms with Crippen LogP contribution in [0.5, 0.6) is 0 Å². The van der Waals surface area contributed by atoms with Gasteiger partial charge in [-0.1, -0.05) is 160 Å². The van der Waals surface area contributed by atoms with Crippen LogP contribution < -0.4 is 0 Å². The molecule has 5 nitrogen and oxygen atoms in total. The van der Waals surface area contributed by atoms with E-state index >= 15 is 0 Å². The maximum atomic E-state index is 12.6. The second-order valence-corrected chi connectivity index (χ2v) is 13.5. The number of hydrogen-bond acceptors (Lipinski definition) is 5. The minimum atomic E-state index is -0.536. The fraction of sp³-hybridized carbons (Fsp3) is 0.814. The molecule has 0 rings (SSSR count). The lowest BCUT2D eigenvalue weighted by atomic mass is 10.1. The maximum Gasteiger partial charge on any atom is 0.306 e. The van der Waals surface area contributed by atoms with Crippen molar-refractivity contribution in [2.75, 3.05) is 19.8 Å². The largest absolute Gasteiger partial charge is 0.462 e. The first-order valence-corrected chi connectivity index (χ1v) is 20.5. The van der Waals surface area contributed by atoms with Crippen molar-refractivity contribution in [3.05, 3.63) is 36.5 Å². The highest BCUT2D eigenvalue weighted by atomic mass is 16.6. The molecule has 0 aliphatic carbocycles. The second kappa shape index (κ2) is 39.6. The molecule has 1 unspecified atom stereocenters. The van der Waals surface area contributed by atoms with E-state index in [-0.39, 0.29) is 25.2 Å². The smallest absolute Gasteiger partial charge is 0.306 e. The molecule has 0 aromatic carbocycles. The van der Waals surface area contributed by atoms with Gasteiger partial charge in [0.05, 0.1) is 6.61 Å². The van der Waals surface area contributed by atoms with Gasteiger partial charge in [-0.05, 0) is 64.2 Å². The summed E-state index contributed by atoms with van der Waals surface area (Å²) in [7, 11) is 0. The number of unbranched alkanes of at least 4 members (excludes halogenated alkanes) is 20. The molecule has 48 heavy (non-hydrogen) atoms. The maximum absolute atomic E-state index is 12.6. The number of allylic oxidation sites excluding steroid dienone is 6. The van der Waals surface area contributed by atoms with Crippen LogP contribution >= 0.6 is 0 Å². The quantitative estimate of drug-likeness (QED) is 0.0373. The summed E-state index contributed by atoms with van der Waals surface area (Å²) in [6, 6.07) is 0. The summed E-state index contributed by atoms with van der Waals surface area (Å²) in [5.41, 5.74) is 0. The number of ether oxygens (including phenoxy) is 3. The minimum Gasteiger partial charge on any atom is -0.462 e. The third kappa shape index (κ3) is 36.9. The molecular weight excluding hydrogens is 596 g/mol. The van der Waals surface area contributed by atoms with E-state index in [1.807, 2.05) is 0 Å². The van der Waals surface area contributed by atoms with Crippen LogP contribution in [0.4, 0.5) is 0 Å². The highest BCUT2D eigenvalue weighted by Gasteiger charge is 2.17. The summed E-state index contributed by atoms with van der Waals surface area (Å²) >= 11 is 0. The van der Waals surface area contributed by atoms with Crippen molar-refractivity contribution in [1.29, 1.82) is 0 Å². The van der Waals surface area contributed by atoms with Crippen LogP contribution in [0.1, 0.15) is 201 Å². The molecule has 0 aliphatic heterocycles. The Kier molecular flexibility index (Phi) is 38.0. The van der Waals surface area contributed by atoms with Gasteiger partial charge in [-0.2, -0.15) is 0 Å². The van der Waals surface area contributed by atoms with Gasteiger partial charge in [-0.15, -0.1) is 0 Å². The van der Waals surface area contributed by atoms with Crippen LogP contribution in [0.2, 0.25) is 0 Å². The molecule has 0 aromatic heterocycles. The van der Waals surface area contributed by atoms with E-state index in [1.54, 1.807) is 0 Å². The number of carbonyl (C=O) groups is 2. The van der Waals surface area contributed by atoms with Crippen molar-refractivity contribution in [2.24, 2.45) is 0 Å². The molecule has 0 N–H and O–H groups in total. The SMILES string of the molecule is CCC/C=C\C/C=C\CCCCCCCC(=O)OCC(COCCCCCCCC/C=C\CCCC)OC(=O)CCCCCCCCC. The monoisotopic (exact) mass is 675 g/mol. The van der Waals surface area contributed by atoms with Crippen LogP contribution in [0.3, 0.4) is 0 Å². The fourth-order valence-electron chi connectivity index (χ4n) is 5.53.